The molecule has 0 aliphatic heterocycles. The summed E-state index contributed by atoms with van der Waals surface area (Å²) in [6, 6.07) is 29.9. The second-order valence-electron chi connectivity index (χ2n) is 8.08. The third-order valence-electron chi connectivity index (χ3n) is 5.31. The van der Waals surface area contributed by atoms with Crippen molar-refractivity contribution in [2.24, 2.45) is 0 Å². The third-order valence-corrected chi connectivity index (χ3v) is 5.31. The quantitative estimate of drug-likeness (QED) is 0.350. The SMILES string of the molecule is CCCc1ccc(O)cc1NC(=O)c1cc(C#Cc2ccccc2)cc(C#Cc2ccccc2)c1. The Labute approximate surface area is 206 Å². The summed E-state index contributed by atoms with van der Waals surface area (Å²) >= 11 is 0. The van der Waals surface area contributed by atoms with Crippen LogP contribution in [0.4, 0.5) is 5.69 Å². The molecule has 0 atom stereocenters. The highest BCUT2D eigenvalue weighted by Crippen LogP contribution is 2.24. The van der Waals surface area contributed by atoms with Gasteiger partial charge in [-0.05, 0) is 60.5 Å². The van der Waals surface area contributed by atoms with Crippen molar-refractivity contribution >= 4 is 11.6 Å². The second kappa shape index (κ2) is 11.4. The van der Waals surface area contributed by atoms with E-state index < -0.39 is 0 Å². The number of phenolic OH excluding ortho intramolecular Hbond substituents is 1. The van der Waals surface area contributed by atoms with Gasteiger partial charge in [0.25, 0.3) is 5.91 Å². The normalized spacial score (nSPS) is 9.86. The van der Waals surface area contributed by atoms with Gasteiger partial charge in [0, 0.05) is 39.6 Å². The number of amides is 1. The molecule has 0 saturated heterocycles. The summed E-state index contributed by atoms with van der Waals surface area (Å²) in [5, 5.41) is 12.9. The Morgan fingerprint density at radius 1 is 0.714 bits per heavy atom. The molecule has 170 valence electrons. The van der Waals surface area contributed by atoms with E-state index in [0.717, 1.165) is 29.5 Å². The Kier molecular flexibility index (Phi) is 7.64. The molecule has 0 radical (unpaired) electrons. The van der Waals surface area contributed by atoms with Crippen molar-refractivity contribution in [3.63, 3.8) is 0 Å². The maximum Gasteiger partial charge on any atom is 0.255 e. The standard InChI is InChI=1S/C32H25NO2/c1-2-9-28-18-19-30(34)23-31(28)33-32(35)29-21-26(16-14-24-10-5-3-6-11-24)20-27(22-29)17-15-25-12-7-4-8-13-25/h3-8,10-13,18-23,34H,2,9H2,1H3,(H,33,35). The van der Waals surface area contributed by atoms with Crippen molar-refractivity contribution in [2.45, 2.75) is 19.8 Å². The molecule has 0 aromatic heterocycles. The zero-order valence-corrected chi connectivity index (χ0v) is 19.5. The van der Waals surface area contributed by atoms with Gasteiger partial charge in [0.2, 0.25) is 0 Å². The van der Waals surface area contributed by atoms with E-state index >= 15 is 0 Å². The molecule has 0 heterocycles. The van der Waals surface area contributed by atoms with Crippen LogP contribution in [0.15, 0.2) is 97.1 Å². The lowest BCUT2D eigenvalue weighted by Crippen LogP contribution is -2.14. The molecule has 0 aliphatic carbocycles. The number of nitrogens with one attached hydrogen (secondary N) is 1. The molecule has 0 saturated carbocycles. The minimum Gasteiger partial charge on any atom is -0.508 e. The zero-order valence-electron chi connectivity index (χ0n) is 19.5. The van der Waals surface area contributed by atoms with E-state index in [9.17, 15) is 9.90 Å². The van der Waals surface area contributed by atoms with E-state index in [1.165, 1.54) is 0 Å². The van der Waals surface area contributed by atoms with Crippen molar-refractivity contribution in [3.05, 3.63) is 130 Å². The number of aryl methyl sites for hydroxylation is 1. The Bertz CT molecular complexity index is 1370. The summed E-state index contributed by atoms with van der Waals surface area (Å²) in [6.45, 7) is 2.07. The molecular formula is C32H25NO2. The predicted molar refractivity (Wildman–Crippen MR) is 141 cm³/mol. The van der Waals surface area contributed by atoms with Crippen LogP contribution >= 0.6 is 0 Å². The number of benzene rings is 4. The minimum absolute atomic E-state index is 0.108. The molecule has 0 unspecified atom stereocenters. The predicted octanol–water partition coefficient (Wildman–Crippen LogP) is 6.40. The fourth-order valence-electron chi connectivity index (χ4n) is 3.60. The van der Waals surface area contributed by atoms with Crippen LogP contribution in [0.5, 0.6) is 5.75 Å². The summed E-state index contributed by atoms with van der Waals surface area (Å²) < 4.78 is 0. The van der Waals surface area contributed by atoms with Gasteiger partial charge in [-0.2, -0.15) is 0 Å². The van der Waals surface area contributed by atoms with Crippen molar-refractivity contribution in [1.29, 1.82) is 0 Å². The molecule has 4 rings (SSSR count). The van der Waals surface area contributed by atoms with Gasteiger partial charge in [-0.1, -0.05) is 79.5 Å². The Hall–Kier alpha value is -4.73. The van der Waals surface area contributed by atoms with E-state index in [4.69, 9.17) is 0 Å². The Morgan fingerprint density at radius 3 is 1.80 bits per heavy atom. The van der Waals surface area contributed by atoms with E-state index in [1.807, 2.05) is 72.8 Å². The number of carbonyl (C=O) groups is 1. The van der Waals surface area contributed by atoms with Gasteiger partial charge in [-0.25, -0.2) is 0 Å². The lowest BCUT2D eigenvalue weighted by atomic mass is 10.0. The Balaban J connectivity index is 1.70. The maximum atomic E-state index is 13.2. The number of aromatic hydroxyl groups is 1. The van der Waals surface area contributed by atoms with Crippen LogP contribution in [-0.4, -0.2) is 11.0 Å². The van der Waals surface area contributed by atoms with Gasteiger partial charge >= 0.3 is 0 Å². The van der Waals surface area contributed by atoms with Crippen molar-refractivity contribution in [2.75, 3.05) is 5.32 Å². The topological polar surface area (TPSA) is 49.3 Å². The number of hydrogen-bond acceptors (Lipinski definition) is 2. The van der Waals surface area contributed by atoms with Gasteiger partial charge in [0.1, 0.15) is 5.75 Å². The number of phenols is 1. The van der Waals surface area contributed by atoms with Crippen LogP contribution in [0.2, 0.25) is 0 Å². The lowest BCUT2D eigenvalue weighted by Gasteiger charge is -2.12. The van der Waals surface area contributed by atoms with Crippen LogP contribution in [0, 0.1) is 23.7 Å². The first-order chi connectivity index (χ1) is 17.1. The first-order valence-corrected chi connectivity index (χ1v) is 11.5. The maximum absolute atomic E-state index is 13.2. The molecule has 4 aromatic carbocycles. The highest BCUT2D eigenvalue weighted by Gasteiger charge is 2.12. The molecule has 3 heteroatoms. The van der Waals surface area contributed by atoms with Gasteiger partial charge in [0.15, 0.2) is 0 Å². The summed E-state index contributed by atoms with van der Waals surface area (Å²) in [5.41, 5.74) is 5.21. The number of anilines is 1. The third kappa shape index (κ3) is 6.64. The summed E-state index contributed by atoms with van der Waals surface area (Å²) in [4.78, 5) is 13.2. The molecule has 0 fully saturated rings. The molecule has 1 amide bonds. The summed E-state index contributed by atoms with van der Waals surface area (Å²) in [5.74, 6) is 12.4. The number of carbonyl (C=O) groups excluding carboxylic acids is 1. The van der Waals surface area contributed by atoms with Crippen LogP contribution < -0.4 is 5.32 Å². The monoisotopic (exact) mass is 455 g/mol. The first kappa shape index (κ1) is 23.4. The van der Waals surface area contributed by atoms with Gasteiger partial charge in [-0.3, -0.25) is 4.79 Å². The van der Waals surface area contributed by atoms with Gasteiger partial charge in [-0.15, -0.1) is 0 Å². The molecule has 0 aliphatic rings. The highest BCUT2D eigenvalue weighted by atomic mass is 16.3. The first-order valence-electron chi connectivity index (χ1n) is 11.5. The fourth-order valence-corrected chi connectivity index (χ4v) is 3.60. The summed E-state index contributed by atoms with van der Waals surface area (Å²) in [6.07, 6.45) is 1.73. The van der Waals surface area contributed by atoms with Crippen LogP contribution in [0.3, 0.4) is 0 Å². The fraction of sp³-hybridized carbons (Fsp3) is 0.0938. The largest absolute Gasteiger partial charge is 0.508 e. The Morgan fingerprint density at radius 2 is 1.26 bits per heavy atom. The van der Waals surface area contributed by atoms with E-state index in [0.29, 0.717) is 22.4 Å². The van der Waals surface area contributed by atoms with Crippen LogP contribution in [-0.2, 0) is 6.42 Å². The van der Waals surface area contributed by atoms with Gasteiger partial charge in [0.05, 0.1) is 0 Å². The van der Waals surface area contributed by atoms with E-state index in [2.05, 4.69) is 35.9 Å². The molecule has 35 heavy (non-hydrogen) atoms. The van der Waals surface area contributed by atoms with Crippen LogP contribution in [0.25, 0.3) is 0 Å². The average Bonchev–Trinajstić information content (AvgIpc) is 2.89. The molecule has 3 nitrogen and oxygen atoms in total. The zero-order chi connectivity index (χ0) is 24.5. The number of hydrogen-bond donors (Lipinski definition) is 2. The molecular weight excluding hydrogens is 430 g/mol. The average molecular weight is 456 g/mol. The molecule has 0 spiro atoms. The molecule has 2 N–H and O–H groups in total. The van der Waals surface area contributed by atoms with Crippen molar-refractivity contribution in [3.8, 4) is 29.4 Å². The molecule has 0 bridgehead atoms. The smallest absolute Gasteiger partial charge is 0.255 e. The lowest BCUT2D eigenvalue weighted by molar-refractivity contribution is 0.102. The minimum atomic E-state index is -0.279. The van der Waals surface area contributed by atoms with Crippen molar-refractivity contribution < 1.29 is 9.90 Å². The van der Waals surface area contributed by atoms with Gasteiger partial charge < -0.3 is 10.4 Å². The second-order valence-corrected chi connectivity index (χ2v) is 8.08. The molecule has 4 aromatic rings. The van der Waals surface area contributed by atoms with Crippen molar-refractivity contribution in [1.82, 2.24) is 0 Å². The van der Waals surface area contributed by atoms with Crippen LogP contribution in [0.1, 0.15) is 51.5 Å². The number of rotatable bonds is 4. The van der Waals surface area contributed by atoms with E-state index in [1.54, 1.807) is 24.3 Å². The highest BCUT2D eigenvalue weighted by molar-refractivity contribution is 6.05. The van der Waals surface area contributed by atoms with E-state index in [-0.39, 0.29) is 11.7 Å². The summed E-state index contributed by atoms with van der Waals surface area (Å²) in [7, 11) is 0.